The second-order valence-electron chi connectivity index (χ2n) is 7.44. The number of nitrogens with two attached hydrogens (primary N) is 1. The SMILES string of the molecule is Cc1ccnc(OC2CC3CCC2(C)C3(C)C)c1C(=N)N. The molecule has 2 saturated carbocycles. The molecule has 1 aromatic heterocycles. The average Bonchev–Trinajstić information content (AvgIpc) is 2.71. The highest BCUT2D eigenvalue weighted by atomic mass is 16.5. The van der Waals surface area contributed by atoms with E-state index in [4.69, 9.17) is 15.9 Å². The molecule has 0 saturated heterocycles. The summed E-state index contributed by atoms with van der Waals surface area (Å²) in [5, 5.41) is 7.78. The van der Waals surface area contributed by atoms with Crippen molar-refractivity contribution in [2.24, 2.45) is 22.5 Å². The predicted octanol–water partition coefficient (Wildman–Crippen LogP) is 3.27. The number of nitrogens with zero attached hydrogens (tertiary/aromatic N) is 1. The molecule has 4 nitrogen and oxygen atoms in total. The number of hydrogen-bond donors (Lipinski definition) is 2. The summed E-state index contributed by atoms with van der Waals surface area (Å²) in [4.78, 5) is 4.34. The van der Waals surface area contributed by atoms with Crippen LogP contribution >= 0.6 is 0 Å². The lowest BCUT2D eigenvalue weighted by molar-refractivity contribution is 0.0271. The molecule has 3 atom stereocenters. The van der Waals surface area contributed by atoms with Crippen molar-refractivity contribution >= 4 is 5.84 Å². The standard InChI is InChI=1S/C17H25N3O/c1-10-6-8-20-15(13(10)14(18)19)21-12-9-11-5-7-17(12,4)16(11,2)3/h6,8,11-12H,5,7,9H2,1-4H3,(H3,18,19). The number of rotatable bonds is 3. The normalized spacial score (nSPS) is 33.1. The molecule has 3 rings (SSSR count). The lowest BCUT2D eigenvalue weighted by Crippen LogP contribution is -2.39. The van der Waals surface area contributed by atoms with Gasteiger partial charge in [-0.2, -0.15) is 0 Å². The van der Waals surface area contributed by atoms with Crippen molar-refractivity contribution in [2.45, 2.75) is 53.1 Å². The largest absolute Gasteiger partial charge is 0.473 e. The topological polar surface area (TPSA) is 72.0 Å². The van der Waals surface area contributed by atoms with Gasteiger partial charge in [0.25, 0.3) is 0 Å². The number of hydrogen-bond acceptors (Lipinski definition) is 3. The Labute approximate surface area is 126 Å². The Bertz CT molecular complexity index is 596. The smallest absolute Gasteiger partial charge is 0.225 e. The van der Waals surface area contributed by atoms with Gasteiger partial charge in [0.05, 0.1) is 5.56 Å². The van der Waals surface area contributed by atoms with Gasteiger partial charge in [-0.05, 0) is 49.1 Å². The molecule has 2 aliphatic carbocycles. The van der Waals surface area contributed by atoms with Crippen LogP contribution in [0.2, 0.25) is 0 Å². The highest BCUT2D eigenvalue weighted by Crippen LogP contribution is 2.66. The molecule has 0 spiro atoms. The van der Waals surface area contributed by atoms with Crippen molar-refractivity contribution in [1.29, 1.82) is 5.41 Å². The molecule has 0 radical (unpaired) electrons. The van der Waals surface area contributed by atoms with Gasteiger partial charge >= 0.3 is 0 Å². The maximum Gasteiger partial charge on any atom is 0.225 e. The van der Waals surface area contributed by atoms with Gasteiger partial charge in [-0.1, -0.05) is 20.8 Å². The minimum Gasteiger partial charge on any atom is -0.473 e. The minimum absolute atomic E-state index is 0.0307. The van der Waals surface area contributed by atoms with E-state index in [2.05, 4.69) is 25.8 Å². The van der Waals surface area contributed by atoms with Gasteiger partial charge in [-0.25, -0.2) is 4.98 Å². The van der Waals surface area contributed by atoms with Crippen LogP contribution in [0.3, 0.4) is 0 Å². The number of ether oxygens (including phenoxy) is 1. The highest BCUT2D eigenvalue weighted by molar-refractivity contribution is 5.98. The monoisotopic (exact) mass is 287 g/mol. The number of amidine groups is 1. The first-order valence-electron chi connectivity index (χ1n) is 7.74. The van der Waals surface area contributed by atoms with Gasteiger partial charge in [0, 0.05) is 11.6 Å². The van der Waals surface area contributed by atoms with Gasteiger partial charge < -0.3 is 10.5 Å². The zero-order valence-corrected chi connectivity index (χ0v) is 13.4. The molecule has 0 aromatic carbocycles. The van der Waals surface area contributed by atoms with Crippen LogP contribution in [-0.2, 0) is 0 Å². The number of pyridine rings is 1. The van der Waals surface area contributed by atoms with E-state index in [1.807, 2.05) is 13.0 Å². The number of nitrogen functional groups attached to an aromatic ring is 1. The van der Waals surface area contributed by atoms with Crippen molar-refractivity contribution in [3.8, 4) is 5.88 Å². The van der Waals surface area contributed by atoms with E-state index in [0.29, 0.717) is 16.9 Å². The third-order valence-corrected chi connectivity index (χ3v) is 6.36. The summed E-state index contributed by atoms with van der Waals surface area (Å²) in [5.74, 6) is 1.28. The molecule has 21 heavy (non-hydrogen) atoms. The Hall–Kier alpha value is -1.58. The fraction of sp³-hybridized carbons (Fsp3) is 0.647. The van der Waals surface area contributed by atoms with E-state index in [-0.39, 0.29) is 17.4 Å². The van der Waals surface area contributed by atoms with Crippen molar-refractivity contribution < 1.29 is 4.74 Å². The zero-order chi connectivity index (χ0) is 15.4. The number of fused-ring (bicyclic) bond motifs is 2. The molecule has 2 fully saturated rings. The third-order valence-electron chi connectivity index (χ3n) is 6.36. The summed E-state index contributed by atoms with van der Waals surface area (Å²) in [5.41, 5.74) is 7.78. The van der Waals surface area contributed by atoms with E-state index in [0.717, 1.165) is 17.9 Å². The van der Waals surface area contributed by atoms with Crippen LogP contribution in [0.4, 0.5) is 0 Å². The van der Waals surface area contributed by atoms with Crippen LogP contribution in [0, 0.1) is 29.1 Å². The van der Waals surface area contributed by atoms with Crippen molar-refractivity contribution in [1.82, 2.24) is 4.98 Å². The van der Waals surface area contributed by atoms with Gasteiger partial charge in [0.15, 0.2) is 0 Å². The molecule has 3 N–H and O–H groups in total. The number of aromatic nitrogens is 1. The lowest BCUT2D eigenvalue weighted by atomic mass is 9.70. The first-order chi connectivity index (χ1) is 9.77. The second kappa shape index (κ2) is 4.46. The molecule has 0 amide bonds. The van der Waals surface area contributed by atoms with Gasteiger partial charge in [0.2, 0.25) is 5.88 Å². The Morgan fingerprint density at radius 1 is 1.43 bits per heavy atom. The van der Waals surface area contributed by atoms with Crippen LogP contribution in [0.15, 0.2) is 12.3 Å². The van der Waals surface area contributed by atoms with Crippen LogP contribution in [0.1, 0.15) is 51.2 Å². The molecule has 2 aliphatic rings. The van der Waals surface area contributed by atoms with E-state index in [1.54, 1.807) is 6.20 Å². The Balaban J connectivity index is 1.93. The molecule has 2 bridgehead atoms. The van der Waals surface area contributed by atoms with Crippen LogP contribution in [0.25, 0.3) is 0 Å². The van der Waals surface area contributed by atoms with Crippen LogP contribution in [0.5, 0.6) is 5.88 Å². The molecule has 114 valence electrons. The lowest BCUT2D eigenvalue weighted by Gasteiger charge is -2.38. The number of aryl methyl sites for hydroxylation is 1. The quantitative estimate of drug-likeness (QED) is 0.662. The average molecular weight is 287 g/mol. The van der Waals surface area contributed by atoms with Gasteiger partial charge in [0.1, 0.15) is 11.9 Å². The number of nitrogens with one attached hydrogen (secondary N) is 1. The molecule has 1 aromatic rings. The summed E-state index contributed by atoms with van der Waals surface area (Å²) in [6.45, 7) is 9.01. The third kappa shape index (κ3) is 1.88. The van der Waals surface area contributed by atoms with Crippen molar-refractivity contribution in [3.63, 3.8) is 0 Å². The summed E-state index contributed by atoms with van der Waals surface area (Å²) in [6, 6.07) is 1.87. The van der Waals surface area contributed by atoms with E-state index < -0.39 is 0 Å². The van der Waals surface area contributed by atoms with Crippen LogP contribution < -0.4 is 10.5 Å². The summed E-state index contributed by atoms with van der Waals surface area (Å²) >= 11 is 0. The molecular weight excluding hydrogens is 262 g/mol. The minimum atomic E-state index is 0.0307. The van der Waals surface area contributed by atoms with Crippen molar-refractivity contribution in [2.75, 3.05) is 0 Å². The first-order valence-corrected chi connectivity index (χ1v) is 7.74. The molecule has 3 unspecified atom stereocenters. The fourth-order valence-corrected chi connectivity index (χ4v) is 4.39. The molecule has 4 heteroatoms. The maximum absolute atomic E-state index is 7.78. The zero-order valence-electron chi connectivity index (χ0n) is 13.4. The predicted molar refractivity (Wildman–Crippen MR) is 83.6 cm³/mol. The first kappa shape index (κ1) is 14.4. The Kier molecular flexibility index (Phi) is 3.05. The molecule has 0 aliphatic heterocycles. The fourth-order valence-electron chi connectivity index (χ4n) is 4.39. The van der Waals surface area contributed by atoms with Gasteiger partial charge in [-0.15, -0.1) is 0 Å². The van der Waals surface area contributed by atoms with Crippen molar-refractivity contribution in [3.05, 3.63) is 23.4 Å². The second-order valence-corrected chi connectivity index (χ2v) is 7.44. The summed E-state index contributed by atoms with van der Waals surface area (Å²) in [6.07, 6.45) is 5.48. The maximum atomic E-state index is 7.78. The Morgan fingerprint density at radius 2 is 2.14 bits per heavy atom. The highest BCUT2D eigenvalue weighted by Gasteiger charge is 2.62. The van der Waals surface area contributed by atoms with Gasteiger partial charge in [-0.3, -0.25) is 5.41 Å². The van der Waals surface area contributed by atoms with Crippen LogP contribution in [-0.4, -0.2) is 16.9 Å². The van der Waals surface area contributed by atoms with E-state index >= 15 is 0 Å². The summed E-state index contributed by atoms with van der Waals surface area (Å²) in [7, 11) is 0. The Morgan fingerprint density at radius 3 is 2.67 bits per heavy atom. The van der Waals surface area contributed by atoms with E-state index in [1.165, 1.54) is 12.8 Å². The molecule has 1 heterocycles. The molecular formula is C17H25N3O. The summed E-state index contributed by atoms with van der Waals surface area (Å²) < 4.78 is 6.29. The van der Waals surface area contributed by atoms with E-state index in [9.17, 15) is 0 Å².